The summed E-state index contributed by atoms with van der Waals surface area (Å²) < 4.78 is 18.2. The third-order valence-electron chi connectivity index (χ3n) is 3.31. The summed E-state index contributed by atoms with van der Waals surface area (Å²) in [4.78, 5) is 0. The van der Waals surface area contributed by atoms with Gasteiger partial charge in [-0.2, -0.15) is 0 Å². The minimum atomic E-state index is -0.193. The maximum absolute atomic E-state index is 12.9. The molecular weight excluding hydrogens is 241 g/mol. The predicted molar refractivity (Wildman–Crippen MR) is 74.4 cm³/mol. The van der Waals surface area contributed by atoms with Crippen LogP contribution in [0.25, 0.3) is 0 Å². The third-order valence-corrected chi connectivity index (χ3v) is 3.31. The van der Waals surface area contributed by atoms with Crippen molar-refractivity contribution >= 4 is 0 Å². The number of furan rings is 1. The van der Waals surface area contributed by atoms with Gasteiger partial charge in [0.1, 0.15) is 11.6 Å². The zero-order chi connectivity index (χ0) is 13.7. The molecule has 19 heavy (non-hydrogen) atoms. The number of aryl methyl sites for hydroxylation is 1. The van der Waals surface area contributed by atoms with Gasteiger partial charge in [-0.3, -0.25) is 0 Å². The third kappa shape index (κ3) is 4.21. The first kappa shape index (κ1) is 13.8. The molecule has 2 rings (SSSR count). The van der Waals surface area contributed by atoms with Gasteiger partial charge >= 0.3 is 0 Å². The maximum atomic E-state index is 12.9. The van der Waals surface area contributed by atoms with Crippen LogP contribution in [0.4, 0.5) is 4.39 Å². The first-order valence-electron chi connectivity index (χ1n) is 6.69. The van der Waals surface area contributed by atoms with Crippen molar-refractivity contribution in [2.24, 2.45) is 0 Å². The van der Waals surface area contributed by atoms with Crippen molar-refractivity contribution in [1.29, 1.82) is 0 Å². The fourth-order valence-corrected chi connectivity index (χ4v) is 2.17. The monoisotopic (exact) mass is 261 g/mol. The molecule has 2 nitrogen and oxygen atoms in total. The molecule has 0 fully saturated rings. The largest absolute Gasteiger partial charge is 0.469 e. The van der Waals surface area contributed by atoms with E-state index in [-0.39, 0.29) is 11.9 Å². The zero-order valence-corrected chi connectivity index (χ0v) is 11.4. The summed E-state index contributed by atoms with van der Waals surface area (Å²) in [5.41, 5.74) is 1.10. The van der Waals surface area contributed by atoms with E-state index in [4.69, 9.17) is 4.42 Å². The highest BCUT2D eigenvalue weighted by molar-refractivity contribution is 5.19. The van der Waals surface area contributed by atoms with Crippen LogP contribution in [0.1, 0.15) is 37.6 Å². The van der Waals surface area contributed by atoms with Crippen molar-refractivity contribution in [2.45, 2.75) is 38.8 Å². The van der Waals surface area contributed by atoms with Crippen LogP contribution in [0, 0.1) is 5.82 Å². The molecule has 1 aromatic heterocycles. The number of nitrogens with one attached hydrogen (secondary N) is 1. The standard InChI is InChI=1S/C16H20FNO/c1-12(5-10-16-4-3-11-19-16)18-13(2)14-6-8-15(17)9-7-14/h3-4,6-9,11-13,18H,5,10H2,1-2H3/t12?,13-/m1/s1. The normalized spacial score (nSPS) is 14.3. The Balaban J connectivity index is 1.81. The van der Waals surface area contributed by atoms with Gasteiger partial charge in [0, 0.05) is 18.5 Å². The lowest BCUT2D eigenvalue weighted by molar-refractivity contribution is 0.430. The van der Waals surface area contributed by atoms with E-state index in [9.17, 15) is 4.39 Å². The molecule has 0 bridgehead atoms. The smallest absolute Gasteiger partial charge is 0.123 e. The van der Waals surface area contributed by atoms with Crippen molar-refractivity contribution < 1.29 is 8.81 Å². The van der Waals surface area contributed by atoms with Gasteiger partial charge in [0.05, 0.1) is 6.26 Å². The molecule has 1 aromatic carbocycles. The van der Waals surface area contributed by atoms with E-state index < -0.39 is 0 Å². The quantitative estimate of drug-likeness (QED) is 0.847. The molecule has 0 saturated heterocycles. The molecule has 0 saturated carbocycles. The molecule has 0 amide bonds. The second-order valence-corrected chi connectivity index (χ2v) is 4.96. The van der Waals surface area contributed by atoms with Crippen molar-refractivity contribution in [3.63, 3.8) is 0 Å². The molecule has 102 valence electrons. The Morgan fingerprint density at radius 3 is 2.53 bits per heavy atom. The molecule has 0 radical (unpaired) electrons. The Hall–Kier alpha value is -1.61. The molecular formula is C16H20FNO. The predicted octanol–water partition coefficient (Wildman–Crippen LogP) is 4.09. The lowest BCUT2D eigenvalue weighted by Crippen LogP contribution is -2.29. The Kier molecular flexibility index (Phi) is 4.74. The highest BCUT2D eigenvalue weighted by atomic mass is 19.1. The molecule has 3 heteroatoms. The van der Waals surface area contributed by atoms with Crippen LogP contribution in [0.15, 0.2) is 47.1 Å². The summed E-state index contributed by atoms with van der Waals surface area (Å²) in [6.45, 7) is 4.25. The topological polar surface area (TPSA) is 25.2 Å². The number of hydrogen-bond donors (Lipinski definition) is 1. The summed E-state index contributed by atoms with van der Waals surface area (Å²) in [6.07, 6.45) is 3.64. The van der Waals surface area contributed by atoms with Crippen LogP contribution in [-0.2, 0) is 6.42 Å². The van der Waals surface area contributed by atoms with Gasteiger partial charge in [0.15, 0.2) is 0 Å². The van der Waals surface area contributed by atoms with E-state index in [2.05, 4.69) is 19.2 Å². The molecule has 1 N–H and O–H groups in total. The van der Waals surface area contributed by atoms with E-state index in [0.29, 0.717) is 6.04 Å². The molecule has 0 aliphatic rings. The van der Waals surface area contributed by atoms with Crippen molar-refractivity contribution in [1.82, 2.24) is 5.32 Å². The summed E-state index contributed by atoms with van der Waals surface area (Å²) in [6, 6.07) is 11.2. The summed E-state index contributed by atoms with van der Waals surface area (Å²) >= 11 is 0. The Morgan fingerprint density at radius 2 is 1.89 bits per heavy atom. The first-order chi connectivity index (χ1) is 9.15. The molecule has 2 atom stereocenters. The van der Waals surface area contributed by atoms with Crippen molar-refractivity contribution in [3.05, 3.63) is 59.8 Å². The van der Waals surface area contributed by atoms with E-state index in [1.165, 1.54) is 12.1 Å². The van der Waals surface area contributed by atoms with Crippen LogP contribution in [0.3, 0.4) is 0 Å². The fourth-order valence-electron chi connectivity index (χ4n) is 2.17. The van der Waals surface area contributed by atoms with Crippen molar-refractivity contribution in [3.8, 4) is 0 Å². The van der Waals surface area contributed by atoms with E-state index >= 15 is 0 Å². The first-order valence-corrected chi connectivity index (χ1v) is 6.69. The number of benzene rings is 1. The minimum Gasteiger partial charge on any atom is -0.469 e. The van der Waals surface area contributed by atoms with E-state index in [1.54, 1.807) is 6.26 Å². The maximum Gasteiger partial charge on any atom is 0.123 e. The van der Waals surface area contributed by atoms with Crippen LogP contribution in [0.5, 0.6) is 0 Å². The molecule has 2 aromatic rings. The summed E-state index contributed by atoms with van der Waals surface area (Å²) in [7, 11) is 0. The fraction of sp³-hybridized carbons (Fsp3) is 0.375. The molecule has 0 aliphatic carbocycles. The molecule has 0 aliphatic heterocycles. The number of halogens is 1. The zero-order valence-electron chi connectivity index (χ0n) is 11.4. The Bertz CT molecular complexity index is 478. The average molecular weight is 261 g/mol. The van der Waals surface area contributed by atoms with Gasteiger partial charge < -0.3 is 9.73 Å². The van der Waals surface area contributed by atoms with Gasteiger partial charge in [-0.05, 0) is 50.1 Å². The lowest BCUT2D eigenvalue weighted by atomic mass is 10.1. The van der Waals surface area contributed by atoms with Gasteiger partial charge in [-0.25, -0.2) is 4.39 Å². The molecule has 0 spiro atoms. The second-order valence-electron chi connectivity index (χ2n) is 4.96. The Labute approximate surface area is 113 Å². The highest BCUT2D eigenvalue weighted by Gasteiger charge is 2.10. The van der Waals surface area contributed by atoms with Crippen LogP contribution in [-0.4, -0.2) is 6.04 Å². The molecule has 1 unspecified atom stereocenters. The number of rotatable bonds is 6. The van der Waals surface area contributed by atoms with Gasteiger partial charge in [0.25, 0.3) is 0 Å². The highest BCUT2D eigenvalue weighted by Crippen LogP contribution is 2.15. The second kappa shape index (κ2) is 6.53. The van der Waals surface area contributed by atoms with Crippen LogP contribution < -0.4 is 5.32 Å². The van der Waals surface area contributed by atoms with Gasteiger partial charge in [-0.1, -0.05) is 12.1 Å². The lowest BCUT2D eigenvalue weighted by Gasteiger charge is -2.20. The van der Waals surface area contributed by atoms with Gasteiger partial charge in [0.2, 0.25) is 0 Å². The van der Waals surface area contributed by atoms with Crippen LogP contribution in [0.2, 0.25) is 0 Å². The van der Waals surface area contributed by atoms with E-state index in [0.717, 1.165) is 24.2 Å². The SMILES string of the molecule is CC(CCc1ccco1)N[C@H](C)c1ccc(F)cc1. The summed E-state index contributed by atoms with van der Waals surface area (Å²) in [5.74, 6) is 0.824. The number of hydrogen-bond acceptors (Lipinski definition) is 2. The van der Waals surface area contributed by atoms with Crippen LogP contribution >= 0.6 is 0 Å². The average Bonchev–Trinajstić information content (AvgIpc) is 2.90. The van der Waals surface area contributed by atoms with Crippen molar-refractivity contribution in [2.75, 3.05) is 0 Å². The Morgan fingerprint density at radius 1 is 1.16 bits per heavy atom. The minimum absolute atomic E-state index is 0.193. The van der Waals surface area contributed by atoms with Gasteiger partial charge in [-0.15, -0.1) is 0 Å². The molecule has 1 heterocycles. The van der Waals surface area contributed by atoms with E-state index in [1.807, 2.05) is 24.3 Å². The summed E-state index contributed by atoms with van der Waals surface area (Å²) in [5, 5.41) is 3.51.